The van der Waals surface area contributed by atoms with E-state index in [0.29, 0.717) is 6.54 Å². The molecule has 1 saturated heterocycles. The van der Waals surface area contributed by atoms with Gasteiger partial charge in [0, 0.05) is 18.2 Å². The van der Waals surface area contributed by atoms with E-state index in [-0.39, 0.29) is 30.0 Å². The maximum atomic E-state index is 13.9. The van der Waals surface area contributed by atoms with Crippen LogP contribution < -0.4 is 5.32 Å². The minimum absolute atomic E-state index is 0.00806. The highest BCUT2D eigenvalue weighted by atomic mass is 19.1. The van der Waals surface area contributed by atoms with E-state index in [4.69, 9.17) is 0 Å². The molecule has 0 spiro atoms. The van der Waals surface area contributed by atoms with E-state index in [1.807, 2.05) is 0 Å². The summed E-state index contributed by atoms with van der Waals surface area (Å²) in [5, 5.41) is 3.19. The molecule has 0 radical (unpaired) electrons. The molecule has 22 heavy (non-hydrogen) atoms. The summed E-state index contributed by atoms with van der Waals surface area (Å²) in [4.78, 5) is 14.5. The zero-order valence-corrected chi connectivity index (χ0v) is 12.7. The summed E-state index contributed by atoms with van der Waals surface area (Å²) < 4.78 is 27.9. The van der Waals surface area contributed by atoms with Gasteiger partial charge in [0.1, 0.15) is 11.6 Å². The molecule has 1 aromatic carbocycles. The Bertz CT molecular complexity index is 517. The molecule has 0 bridgehead atoms. The third-order valence-electron chi connectivity index (χ3n) is 4.85. The van der Waals surface area contributed by atoms with Gasteiger partial charge in [0.05, 0.1) is 12.5 Å². The van der Waals surface area contributed by atoms with Gasteiger partial charge in [-0.2, -0.15) is 0 Å². The van der Waals surface area contributed by atoms with Gasteiger partial charge in [-0.1, -0.05) is 18.9 Å². The SMILES string of the molecule is O=C([C@@H]1CCNC1)N(Cc1c(F)cccc1F)C1CCCC1. The molecule has 2 fully saturated rings. The number of hydrogen-bond acceptors (Lipinski definition) is 2. The molecule has 1 atom stereocenters. The van der Waals surface area contributed by atoms with Crippen molar-refractivity contribution in [3.63, 3.8) is 0 Å². The molecule has 2 aliphatic rings. The van der Waals surface area contributed by atoms with Crippen molar-refractivity contribution < 1.29 is 13.6 Å². The third kappa shape index (κ3) is 3.14. The number of carbonyl (C=O) groups excluding carboxylic acids is 1. The molecule has 1 aromatic rings. The first-order valence-corrected chi connectivity index (χ1v) is 8.11. The van der Waals surface area contributed by atoms with Crippen LogP contribution in [0.1, 0.15) is 37.7 Å². The van der Waals surface area contributed by atoms with Crippen molar-refractivity contribution in [1.29, 1.82) is 0 Å². The molecule has 1 amide bonds. The quantitative estimate of drug-likeness (QED) is 0.927. The van der Waals surface area contributed by atoms with Crippen LogP contribution in [0.25, 0.3) is 0 Å². The first-order valence-electron chi connectivity index (χ1n) is 8.11. The van der Waals surface area contributed by atoms with Crippen LogP contribution in [0.3, 0.4) is 0 Å². The van der Waals surface area contributed by atoms with Crippen molar-refractivity contribution >= 4 is 5.91 Å². The van der Waals surface area contributed by atoms with Crippen LogP contribution in [0, 0.1) is 17.6 Å². The summed E-state index contributed by atoms with van der Waals surface area (Å²) in [5.74, 6) is -1.16. The summed E-state index contributed by atoms with van der Waals surface area (Å²) in [7, 11) is 0. The van der Waals surface area contributed by atoms with Gasteiger partial charge in [-0.3, -0.25) is 4.79 Å². The molecule has 1 N–H and O–H groups in total. The number of benzene rings is 1. The van der Waals surface area contributed by atoms with Gasteiger partial charge in [0.15, 0.2) is 0 Å². The summed E-state index contributed by atoms with van der Waals surface area (Å²) in [6, 6.07) is 3.99. The van der Waals surface area contributed by atoms with Crippen molar-refractivity contribution in [2.24, 2.45) is 5.92 Å². The summed E-state index contributed by atoms with van der Waals surface area (Å²) in [6.45, 7) is 1.54. The van der Waals surface area contributed by atoms with E-state index in [0.717, 1.165) is 38.6 Å². The Morgan fingerprint density at radius 1 is 1.18 bits per heavy atom. The molecule has 0 aromatic heterocycles. The normalized spacial score (nSPS) is 22.2. The van der Waals surface area contributed by atoms with Crippen molar-refractivity contribution in [2.75, 3.05) is 13.1 Å². The van der Waals surface area contributed by atoms with Gasteiger partial charge >= 0.3 is 0 Å². The Morgan fingerprint density at radius 2 is 1.86 bits per heavy atom. The van der Waals surface area contributed by atoms with E-state index in [1.54, 1.807) is 4.90 Å². The molecule has 1 heterocycles. The molecule has 0 unspecified atom stereocenters. The standard InChI is InChI=1S/C17H22F2N2O/c18-15-6-3-7-16(19)14(15)11-21(13-4-1-2-5-13)17(22)12-8-9-20-10-12/h3,6-7,12-13,20H,1-2,4-5,8-11H2/t12-/m1/s1. The first-order chi connectivity index (χ1) is 10.7. The second kappa shape index (κ2) is 6.73. The Balaban J connectivity index is 1.83. The lowest BCUT2D eigenvalue weighted by Crippen LogP contribution is -2.42. The van der Waals surface area contributed by atoms with Crippen LogP contribution in [-0.4, -0.2) is 29.9 Å². The van der Waals surface area contributed by atoms with Gasteiger partial charge in [-0.15, -0.1) is 0 Å². The van der Waals surface area contributed by atoms with Gasteiger partial charge in [-0.25, -0.2) is 8.78 Å². The van der Waals surface area contributed by atoms with Crippen molar-refractivity contribution in [3.05, 3.63) is 35.4 Å². The highest BCUT2D eigenvalue weighted by Crippen LogP contribution is 2.28. The maximum Gasteiger partial charge on any atom is 0.227 e. The van der Waals surface area contributed by atoms with E-state index in [9.17, 15) is 13.6 Å². The van der Waals surface area contributed by atoms with E-state index in [1.165, 1.54) is 18.2 Å². The fraction of sp³-hybridized carbons (Fsp3) is 0.588. The fourth-order valence-corrected chi connectivity index (χ4v) is 3.56. The number of halogens is 2. The van der Waals surface area contributed by atoms with Crippen LogP contribution in [-0.2, 0) is 11.3 Å². The van der Waals surface area contributed by atoms with Gasteiger partial charge in [-0.05, 0) is 37.9 Å². The van der Waals surface area contributed by atoms with E-state index >= 15 is 0 Å². The predicted octanol–water partition coefficient (Wildman–Crippen LogP) is 2.85. The lowest BCUT2D eigenvalue weighted by molar-refractivity contribution is -0.138. The number of rotatable bonds is 4. The zero-order chi connectivity index (χ0) is 15.5. The highest BCUT2D eigenvalue weighted by molar-refractivity contribution is 5.79. The lowest BCUT2D eigenvalue weighted by Gasteiger charge is -2.31. The summed E-state index contributed by atoms with van der Waals surface area (Å²) >= 11 is 0. The predicted molar refractivity (Wildman–Crippen MR) is 80.1 cm³/mol. The number of amides is 1. The third-order valence-corrected chi connectivity index (χ3v) is 4.85. The van der Waals surface area contributed by atoms with Crippen molar-refractivity contribution in [2.45, 2.75) is 44.7 Å². The van der Waals surface area contributed by atoms with Crippen LogP contribution in [0.4, 0.5) is 8.78 Å². The number of carbonyl (C=O) groups is 1. The molecule has 1 aliphatic heterocycles. The Labute approximate surface area is 129 Å². The van der Waals surface area contributed by atoms with Gasteiger partial charge in [0.2, 0.25) is 5.91 Å². The second-order valence-electron chi connectivity index (χ2n) is 6.29. The van der Waals surface area contributed by atoms with Crippen LogP contribution >= 0.6 is 0 Å². The molecule has 1 saturated carbocycles. The summed E-state index contributed by atoms with van der Waals surface area (Å²) in [6.07, 6.45) is 4.83. The van der Waals surface area contributed by atoms with Crippen LogP contribution in [0.2, 0.25) is 0 Å². The molecule has 3 rings (SSSR count). The van der Waals surface area contributed by atoms with Crippen LogP contribution in [0.15, 0.2) is 18.2 Å². The van der Waals surface area contributed by atoms with Crippen LogP contribution in [0.5, 0.6) is 0 Å². The molecular weight excluding hydrogens is 286 g/mol. The topological polar surface area (TPSA) is 32.3 Å². The Morgan fingerprint density at radius 3 is 2.45 bits per heavy atom. The second-order valence-corrected chi connectivity index (χ2v) is 6.29. The molecule has 120 valence electrons. The fourth-order valence-electron chi connectivity index (χ4n) is 3.56. The smallest absolute Gasteiger partial charge is 0.227 e. The molecular formula is C17H22F2N2O. The maximum absolute atomic E-state index is 13.9. The number of nitrogens with zero attached hydrogens (tertiary/aromatic N) is 1. The highest BCUT2D eigenvalue weighted by Gasteiger charge is 2.33. The zero-order valence-electron chi connectivity index (χ0n) is 12.7. The Hall–Kier alpha value is -1.49. The largest absolute Gasteiger partial charge is 0.335 e. The first kappa shape index (κ1) is 15.4. The molecule has 1 aliphatic carbocycles. The molecule has 5 heteroatoms. The average molecular weight is 308 g/mol. The lowest BCUT2D eigenvalue weighted by atomic mass is 10.0. The van der Waals surface area contributed by atoms with Gasteiger partial charge < -0.3 is 10.2 Å². The number of hydrogen-bond donors (Lipinski definition) is 1. The van der Waals surface area contributed by atoms with Crippen molar-refractivity contribution in [3.8, 4) is 0 Å². The summed E-state index contributed by atoms with van der Waals surface area (Å²) in [5.41, 5.74) is 0.00806. The van der Waals surface area contributed by atoms with Gasteiger partial charge in [0.25, 0.3) is 0 Å². The molecule has 3 nitrogen and oxygen atoms in total. The average Bonchev–Trinajstić information content (AvgIpc) is 3.20. The number of nitrogens with one attached hydrogen (secondary N) is 1. The Kier molecular flexibility index (Phi) is 4.71. The van der Waals surface area contributed by atoms with Crippen molar-refractivity contribution in [1.82, 2.24) is 10.2 Å². The van der Waals surface area contributed by atoms with E-state index < -0.39 is 11.6 Å². The minimum atomic E-state index is -0.569. The monoisotopic (exact) mass is 308 g/mol. The van der Waals surface area contributed by atoms with E-state index in [2.05, 4.69) is 5.32 Å². The minimum Gasteiger partial charge on any atom is -0.335 e.